The zero-order valence-electron chi connectivity index (χ0n) is 6.25. The predicted molar refractivity (Wildman–Crippen MR) is 41.8 cm³/mol. The first kappa shape index (κ1) is 7.52. The lowest BCUT2D eigenvalue weighted by Gasteiger charge is -2.05. The predicted octanol–water partition coefficient (Wildman–Crippen LogP) is 2.32. The molecular formula is C9H14O. The van der Waals surface area contributed by atoms with Crippen molar-refractivity contribution in [3.8, 4) is 0 Å². The maximum absolute atomic E-state index is 9.96. The number of carbonyl (C=O) groups is 1. The van der Waals surface area contributed by atoms with Crippen molar-refractivity contribution in [3.63, 3.8) is 0 Å². The Morgan fingerprint density at radius 1 is 1.40 bits per heavy atom. The maximum atomic E-state index is 9.96. The number of carbonyl (C=O) groups excluding carboxylic acids is 1. The summed E-state index contributed by atoms with van der Waals surface area (Å²) in [5.41, 5.74) is 0. The minimum Gasteiger partial charge on any atom is -0.303 e. The second-order valence-corrected chi connectivity index (χ2v) is 2.91. The first-order valence-electron chi connectivity index (χ1n) is 4.02. The summed E-state index contributed by atoms with van der Waals surface area (Å²) in [6, 6.07) is 0. The van der Waals surface area contributed by atoms with E-state index in [9.17, 15) is 4.79 Å². The van der Waals surface area contributed by atoms with Crippen LogP contribution in [0.4, 0.5) is 0 Å². The van der Waals surface area contributed by atoms with Gasteiger partial charge in [0.1, 0.15) is 6.29 Å². The van der Waals surface area contributed by atoms with Crippen molar-refractivity contribution in [2.45, 2.75) is 32.1 Å². The van der Waals surface area contributed by atoms with Crippen molar-refractivity contribution in [3.05, 3.63) is 12.2 Å². The van der Waals surface area contributed by atoms with Gasteiger partial charge < -0.3 is 4.79 Å². The van der Waals surface area contributed by atoms with Gasteiger partial charge in [0.05, 0.1) is 0 Å². The third kappa shape index (κ3) is 2.34. The number of aldehydes is 1. The van der Waals surface area contributed by atoms with Crippen molar-refractivity contribution < 1.29 is 4.79 Å². The largest absolute Gasteiger partial charge is 0.303 e. The van der Waals surface area contributed by atoms with Crippen molar-refractivity contribution in [1.29, 1.82) is 0 Å². The molecular weight excluding hydrogens is 124 g/mol. The van der Waals surface area contributed by atoms with Gasteiger partial charge in [-0.15, -0.1) is 0 Å². The second-order valence-electron chi connectivity index (χ2n) is 2.91. The van der Waals surface area contributed by atoms with Crippen molar-refractivity contribution in [2.24, 2.45) is 5.92 Å². The summed E-state index contributed by atoms with van der Waals surface area (Å²) in [6.45, 7) is 0. The molecule has 0 aromatic rings. The van der Waals surface area contributed by atoms with Gasteiger partial charge in [-0.2, -0.15) is 0 Å². The molecule has 1 nitrogen and oxygen atoms in total. The van der Waals surface area contributed by atoms with Crippen molar-refractivity contribution in [2.75, 3.05) is 0 Å². The Labute approximate surface area is 62.1 Å². The Morgan fingerprint density at radius 2 is 2.10 bits per heavy atom. The van der Waals surface area contributed by atoms with Crippen LogP contribution in [0.1, 0.15) is 32.1 Å². The molecule has 1 heteroatoms. The van der Waals surface area contributed by atoms with Gasteiger partial charge in [-0.05, 0) is 31.6 Å². The van der Waals surface area contributed by atoms with Crippen LogP contribution < -0.4 is 0 Å². The molecule has 10 heavy (non-hydrogen) atoms. The molecule has 0 aromatic heterocycles. The zero-order valence-corrected chi connectivity index (χ0v) is 6.25. The van der Waals surface area contributed by atoms with E-state index < -0.39 is 0 Å². The molecule has 0 amide bonds. The van der Waals surface area contributed by atoms with Gasteiger partial charge in [-0.1, -0.05) is 12.2 Å². The van der Waals surface area contributed by atoms with E-state index in [0.717, 1.165) is 25.0 Å². The van der Waals surface area contributed by atoms with Crippen LogP contribution in [-0.4, -0.2) is 6.29 Å². The highest BCUT2D eigenvalue weighted by atomic mass is 16.1. The topological polar surface area (TPSA) is 17.1 Å². The molecule has 0 spiro atoms. The van der Waals surface area contributed by atoms with E-state index in [1.165, 1.54) is 19.3 Å². The Morgan fingerprint density at radius 3 is 2.70 bits per heavy atom. The molecule has 0 radical (unpaired) electrons. The van der Waals surface area contributed by atoms with Crippen LogP contribution in [-0.2, 0) is 4.79 Å². The van der Waals surface area contributed by atoms with E-state index in [4.69, 9.17) is 0 Å². The van der Waals surface area contributed by atoms with Crippen LogP contribution in [0.3, 0.4) is 0 Å². The normalized spacial score (nSPS) is 18.0. The number of hydrogen-bond acceptors (Lipinski definition) is 1. The Hall–Kier alpha value is -0.590. The fourth-order valence-corrected chi connectivity index (χ4v) is 1.40. The number of hydrogen-bond donors (Lipinski definition) is 0. The molecule has 0 N–H and O–H groups in total. The molecule has 0 unspecified atom stereocenters. The minimum absolute atomic E-state index is 0.747. The Kier molecular flexibility index (Phi) is 3.20. The molecule has 0 heterocycles. The number of unbranched alkanes of at least 4 members (excludes halogenated alkanes) is 1. The summed E-state index contributed by atoms with van der Waals surface area (Å²) in [5.74, 6) is 0.847. The molecule has 1 rings (SSSR count). The summed E-state index contributed by atoms with van der Waals surface area (Å²) in [4.78, 5) is 9.96. The van der Waals surface area contributed by atoms with Crippen LogP contribution in [0.5, 0.6) is 0 Å². The van der Waals surface area contributed by atoms with Gasteiger partial charge in [0, 0.05) is 6.42 Å². The van der Waals surface area contributed by atoms with Crippen LogP contribution in [0.2, 0.25) is 0 Å². The van der Waals surface area contributed by atoms with Crippen LogP contribution in [0, 0.1) is 5.92 Å². The minimum atomic E-state index is 0.747. The van der Waals surface area contributed by atoms with Gasteiger partial charge in [0.2, 0.25) is 0 Å². The van der Waals surface area contributed by atoms with E-state index in [2.05, 4.69) is 12.2 Å². The average Bonchev–Trinajstić information content (AvgIpc) is 2.41. The molecule has 1 aliphatic carbocycles. The van der Waals surface area contributed by atoms with Crippen molar-refractivity contribution in [1.82, 2.24) is 0 Å². The SMILES string of the molecule is O=CCCCC1CC=CC1. The molecule has 0 fully saturated rings. The van der Waals surface area contributed by atoms with Gasteiger partial charge >= 0.3 is 0 Å². The average molecular weight is 138 g/mol. The molecule has 0 aliphatic heterocycles. The highest BCUT2D eigenvalue weighted by Gasteiger charge is 2.08. The molecule has 56 valence electrons. The smallest absolute Gasteiger partial charge is 0.119 e. The zero-order chi connectivity index (χ0) is 7.23. The maximum Gasteiger partial charge on any atom is 0.119 e. The highest BCUT2D eigenvalue weighted by Crippen LogP contribution is 2.22. The van der Waals surface area contributed by atoms with Gasteiger partial charge in [0.15, 0.2) is 0 Å². The standard InChI is InChI=1S/C9H14O/c10-8-4-3-7-9-5-1-2-6-9/h1-2,8-9H,3-7H2. The lowest BCUT2D eigenvalue weighted by atomic mass is 10.0. The molecule has 0 saturated carbocycles. The van der Waals surface area contributed by atoms with Crippen LogP contribution >= 0.6 is 0 Å². The van der Waals surface area contributed by atoms with Gasteiger partial charge in [0.25, 0.3) is 0 Å². The van der Waals surface area contributed by atoms with E-state index in [1.54, 1.807) is 0 Å². The fourth-order valence-electron chi connectivity index (χ4n) is 1.40. The van der Waals surface area contributed by atoms with Gasteiger partial charge in [-0.25, -0.2) is 0 Å². The van der Waals surface area contributed by atoms with Crippen LogP contribution in [0.25, 0.3) is 0 Å². The Balaban J connectivity index is 1.98. The van der Waals surface area contributed by atoms with E-state index >= 15 is 0 Å². The van der Waals surface area contributed by atoms with Crippen molar-refractivity contribution >= 4 is 6.29 Å². The molecule has 0 bridgehead atoms. The lowest BCUT2D eigenvalue weighted by Crippen LogP contribution is -1.93. The molecule has 0 atom stereocenters. The molecule has 1 aliphatic rings. The fraction of sp³-hybridized carbons (Fsp3) is 0.667. The summed E-state index contributed by atoms with van der Waals surface area (Å²) in [6.07, 6.45) is 11.0. The second kappa shape index (κ2) is 4.26. The number of rotatable bonds is 4. The summed E-state index contributed by atoms with van der Waals surface area (Å²) in [5, 5.41) is 0. The summed E-state index contributed by atoms with van der Waals surface area (Å²) < 4.78 is 0. The monoisotopic (exact) mass is 138 g/mol. The van der Waals surface area contributed by atoms with E-state index in [-0.39, 0.29) is 0 Å². The number of allylic oxidation sites excluding steroid dienone is 2. The van der Waals surface area contributed by atoms with E-state index in [0.29, 0.717) is 0 Å². The highest BCUT2D eigenvalue weighted by molar-refractivity contribution is 5.48. The lowest BCUT2D eigenvalue weighted by molar-refractivity contribution is -0.107. The molecule has 0 saturated heterocycles. The third-order valence-corrected chi connectivity index (χ3v) is 2.04. The Bertz CT molecular complexity index is 119. The first-order chi connectivity index (χ1) is 4.93. The quantitative estimate of drug-likeness (QED) is 0.331. The first-order valence-corrected chi connectivity index (χ1v) is 4.02. The summed E-state index contributed by atoms with van der Waals surface area (Å²) in [7, 11) is 0. The van der Waals surface area contributed by atoms with Gasteiger partial charge in [-0.3, -0.25) is 0 Å². The van der Waals surface area contributed by atoms with E-state index in [1.807, 2.05) is 0 Å². The van der Waals surface area contributed by atoms with Crippen LogP contribution in [0.15, 0.2) is 12.2 Å². The molecule has 0 aromatic carbocycles. The summed E-state index contributed by atoms with van der Waals surface area (Å²) >= 11 is 0. The third-order valence-electron chi connectivity index (χ3n) is 2.04.